The van der Waals surface area contributed by atoms with Gasteiger partial charge in [-0.3, -0.25) is 40.0 Å². The van der Waals surface area contributed by atoms with Crippen molar-refractivity contribution in [2.75, 3.05) is 25.5 Å². The molecule has 4 amide bonds. The van der Waals surface area contributed by atoms with Gasteiger partial charge in [-0.2, -0.15) is 0 Å². The Balaban J connectivity index is 1.06. The molecule has 6 aromatic rings. The number of rotatable bonds is 7. The van der Waals surface area contributed by atoms with E-state index in [-0.39, 0.29) is 48.4 Å². The maximum absolute atomic E-state index is 12.9. The van der Waals surface area contributed by atoms with Crippen LogP contribution in [0.25, 0.3) is 44.1 Å². The van der Waals surface area contributed by atoms with Gasteiger partial charge in [-0.15, -0.1) is 0 Å². The van der Waals surface area contributed by atoms with Crippen LogP contribution in [0.5, 0.6) is 0 Å². The number of pyridine rings is 3. The number of carbonyl (C=O) groups is 3. The molecule has 0 aliphatic carbocycles. The van der Waals surface area contributed by atoms with Gasteiger partial charge in [0, 0.05) is 78.2 Å². The number of hydrogen-bond donors (Lipinski definition) is 4. The molecule has 0 unspecified atom stereocenters. The van der Waals surface area contributed by atoms with E-state index in [2.05, 4.69) is 57.9 Å². The molecule has 3 aromatic carbocycles. The van der Waals surface area contributed by atoms with Crippen molar-refractivity contribution in [3.05, 3.63) is 123 Å². The average molecular weight is 731 g/mol. The second kappa shape index (κ2) is 15.1. The van der Waals surface area contributed by atoms with Crippen LogP contribution in [0.1, 0.15) is 46.1 Å². The number of nitrogens with one attached hydrogen (secondary N) is 4. The van der Waals surface area contributed by atoms with Crippen LogP contribution in [-0.2, 0) is 18.3 Å². The number of amides is 4. The zero-order valence-corrected chi connectivity index (χ0v) is 30.8. The SMILES string of the molecule is CCc1cc(-c2cccc3cc(-c4ccc(C(=O)NCC#Cc5ccc(NC)c(C(=N)N6CCC(=O)NC6=O)c5)nc4)ncc23)c2cc(C)c(=O)n(C)c2c1. The van der Waals surface area contributed by atoms with Gasteiger partial charge in [0.15, 0.2) is 0 Å². The smallest absolute Gasteiger partial charge is 0.329 e. The first-order chi connectivity index (χ1) is 26.6. The van der Waals surface area contributed by atoms with Crippen molar-refractivity contribution in [1.29, 1.82) is 5.41 Å². The predicted molar refractivity (Wildman–Crippen MR) is 214 cm³/mol. The molecule has 1 fully saturated rings. The third-order valence-corrected chi connectivity index (χ3v) is 9.78. The Hall–Kier alpha value is -7.13. The first-order valence-corrected chi connectivity index (χ1v) is 17.8. The van der Waals surface area contributed by atoms with Crippen LogP contribution in [0.4, 0.5) is 10.5 Å². The fourth-order valence-corrected chi connectivity index (χ4v) is 6.77. The molecule has 0 atom stereocenters. The van der Waals surface area contributed by atoms with Crippen molar-refractivity contribution in [3.8, 4) is 34.2 Å². The van der Waals surface area contributed by atoms with Crippen molar-refractivity contribution in [2.45, 2.75) is 26.7 Å². The van der Waals surface area contributed by atoms with Gasteiger partial charge in [-0.25, -0.2) is 4.79 Å². The van der Waals surface area contributed by atoms with E-state index in [1.807, 2.05) is 50.5 Å². The van der Waals surface area contributed by atoms with E-state index in [1.54, 1.807) is 42.1 Å². The minimum Gasteiger partial charge on any atom is -0.388 e. The Morgan fingerprint density at radius 1 is 0.964 bits per heavy atom. The summed E-state index contributed by atoms with van der Waals surface area (Å²) in [6.45, 7) is 4.12. The molecule has 0 bridgehead atoms. The molecule has 12 nitrogen and oxygen atoms in total. The lowest BCUT2D eigenvalue weighted by atomic mass is 9.93. The number of carbonyl (C=O) groups excluding carboxylic acids is 3. The summed E-state index contributed by atoms with van der Waals surface area (Å²) in [6, 6.07) is 22.5. The normalized spacial score (nSPS) is 12.6. The molecule has 0 spiro atoms. The highest BCUT2D eigenvalue weighted by Crippen LogP contribution is 2.36. The summed E-state index contributed by atoms with van der Waals surface area (Å²) < 4.78 is 1.72. The largest absolute Gasteiger partial charge is 0.388 e. The maximum atomic E-state index is 12.9. The Labute approximate surface area is 317 Å². The van der Waals surface area contributed by atoms with Crippen LogP contribution in [0.15, 0.2) is 90.0 Å². The van der Waals surface area contributed by atoms with Crippen molar-refractivity contribution >= 4 is 51.0 Å². The summed E-state index contributed by atoms with van der Waals surface area (Å²) in [4.78, 5) is 60.0. The quantitative estimate of drug-likeness (QED) is 0.0920. The minimum atomic E-state index is -0.638. The van der Waals surface area contributed by atoms with Crippen LogP contribution < -0.4 is 21.5 Å². The van der Waals surface area contributed by atoms with E-state index >= 15 is 0 Å². The second-order valence-electron chi connectivity index (χ2n) is 13.2. The zero-order chi connectivity index (χ0) is 38.8. The Morgan fingerprint density at radius 2 is 1.80 bits per heavy atom. The first-order valence-electron chi connectivity index (χ1n) is 17.8. The number of nitrogens with zero attached hydrogens (tertiary/aromatic N) is 4. The maximum Gasteiger partial charge on any atom is 0.329 e. The van der Waals surface area contributed by atoms with E-state index in [9.17, 15) is 19.2 Å². The zero-order valence-electron chi connectivity index (χ0n) is 30.8. The molecule has 1 aliphatic heterocycles. The van der Waals surface area contributed by atoms with Gasteiger partial charge in [0.2, 0.25) is 5.91 Å². The summed E-state index contributed by atoms with van der Waals surface area (Å²) in [5.74, 6) is 5.12. The topological polar surface area (TPSA) is 162 Å². The lowest BCUT2D eigenvalue weighted by Crippen LogP contribution is -2.52. The van der Waals surface area contributed by atoms with Crippen molar-refractivity contribution < 1.29 is 14.4 Å². The van der Waals surface area contributed by atoms with E-state index < -0.39 is 6.03 Å². The number of fused-ring (bicyclic) bond motifs is 2. The molecular weight excluding hydrogens is 693 g/mol. The minimum absolute atomic E-state index is 0.00413. The monoisotopic (exact) mass is 730 g/mol. The predicted octanol–water partition coefficient (Wildman–Crippen LogP) is 5.78. The molecule has 1 aliphatic rings. The number of benzene rings is 3. The van der Waals surface area contributed by atoms with Crippen LogP contribution >= 0.6 is 0 Å². The van der Waals surface area contributed by atoms with Crippen LogP contribution in [-0.4, -0.2) is 63.3 Å². The molecule has 7 rings (SSSR count). The second-order valence-corrected chi connectivity index (χ2v) is 13.2. The molecule has 4 N–H and O–H groups in total. The molecule has 12 heteroatoms. The average Bonchev–Trinajstić information content (AvgIpc) is 3.20. The lowest BCUT2D eigenvalue weighted by Gasteiger charge is -2.27. The van der Waals surface area contributed by atoms with Gasteiger partial charge in [0.1, 0.15) is 11.5 Å². The highest BCUT2D eigenvalue weighted by Gasteiger charge is 2.28. The Bertz CT molecular complexity index is 2690. The number of aryl methyl sites for hydroxylation is 3. The lowest BCUT2D eigenvalue weighted by molar-refractivity contribution is -0.121. The standard InChI is InChI=1S/C43H38N8O4/c1-5-26-19-31(32-18-25(2)42(54)50(4)38(32)21-26)30-10-6-9-28-22-37(48-24-34(28)30)29-12-14-36(47-23-29)41(53)46-16-7-8-27-11-13-35(45-3)33(20-27)40(44)51-17-15-39(52)49-43(51)55/h6,9-14,18-24,44-45H,5,15-17H2,1-4H3,(H,46,53)(H,49,52,55). The molecule has 4 heterocycles. The van der Waals surface area contributed by atoms with E-state index in [0.29, 0.717) is 28.1 Å². The summed E-state index contributed by atoms with van der Waals surface area (Å²) in [7, 11) is 3.53. The van der Waals surface area contributed by atoms with Crippen molar-refractivity contribution in [1.82, 2.24) is 30.1 Å². The number of amidine groups is 1. The molecule has 55 heavy (non-hydrogen) atoms. The molecule has 0 radical (unpaired) electrons. The van der Waals surface area contributed by atoms with Crippen LogP contribution in [0.2, 0.25) is 0 Å². The fraction of sp³-hybridized carbons (Fsp3) is 0.186. The summed E-state index contributed by atoms with van der Waals surface area (Å²) in [6.07, 6.45) is 4.43. The van der Waals surface area contributed by atoms with Crippen molar-refractivity contribution in [2.24, 2.45) is 7.05 Å². The fourth-order valence-electron chi connectivity index (χ4n) is 6.77. The van der Waals surface area contributed by atoms with Crippen LogP contribution in [0, 0.1) is 24.2 Å². The third-order valence-electron chi connectivity index (χ3n) is 9.78. The van der Waals surface area contributed by atoms with E-state index in [4.69, 9.17) is 10.4 Å². The molecular formula is C43H38N8O4. The van der Waals surface area contributed by atoms with Gasteiger partial charge in [0.05, 0.1) is 17.8 Å². The summed E-state index contributed by atoms with van der Waals surface area (Å²) in [5.41, 5.74) is 8.17. The van der Waals surface area contributed by atoms with Crippen LogP contribution in [0.3, 0.4) is 0 Å². The Kier molecular flexibility index (Phi) is 9.94. The van der Waals surface area contributed by atoms with Gasteiger partial charge < -0.3 is 15.2 Å². The molecule has 274 valence electrons. The van der Waals surface area contributed by atoms with E-state index in [1.165, 1.54) is 4.90 Å². The molecule has 1 saturated heterocycles. The number of urea groups is 1. The molecule has 3 aromatic heterocycles. The summed E-state index contributed by atoms with van der Waals surface area (Å²) in [5, 5.41) is 19.6. The highest BCUT2D eigenvalue weighted by atomic mass is 16.2. The van der Waals surface area contributed by atoms with Gasteiger partial charge >= 0.3 is 6.03 Å². The van der Waals surface area contributed by atoms with E-state index in [0.717, 1.165) is 50.4 Å². The van der Waals surface area contributed by atoms with Gasteiger partial charge in [0.25, 0.3) is 11.5 Å². The number of hydrogen-bond acceptors (Lipinski definition) is 8. The van der Waals surface area contributed by atoms with Gasteiger partial charge in [-0.1, -0.05) is 43.0 Å². The number of anilines is 1. The molecule has 0 saturated carbocycles. The Morgan fingerprint density at radius 3 is 2.55 bits per heavy atom. The third kappa shape index (κ3) is 7.15. The van der Waals surface area contributed by atoms with Gasteiger partial charge in [-0.05, 0) is 84.0 Å². The first kappa shape index (κ1) is 36.2. The number of imide groups is 1. The van der Waals surface area contributed by atoms with Crippen molar-refractivity contribution in [3.63, 3.8) is 0 Å². The summed E-state index contributed by atoms with van der Waals surface area (Å²) >= 11 is 0. The number of aromatic nitrogens is 3. The highest BCUT2D eigenvalue weighted by molar-refractivity contribution is 6.13.